The monoisotopic (exact) mass is 243 g/mol. The Morgan fingerprint density at radius 3 is 2.33 bits per heavy atom. The number of hydrogen-bond donors (Lipinski definition) is 0. The molecular weight excluding hydrogens is 242 g/mol. The molecule has 0 atom stereocenters. The molecule has 1 heterocycles. The first-order chi connectivity index (χ1) is 5.54. The number of rotatable bonds is 1. The van der Waals surface area contributed by atoms with Crippen LogP contribution in [-0.2, 0) is 0 Å². The highest BCUT2D eigenvalue weighted by Crippen LogP contribution is 2.27. The molecule has 0 N–H and O–H groups in total. The van der Waals surface area contributed by atoms with E-state index in [4.69, 9.17) is 0 Å². The molecule has 0 unspecified atom stereocenters. The summed E-state index contributed by atoms with van der Waals surface area (Å²) < 4.78 is 48.7. The van der Waals surface area contributed by atoms with Crippen LogP contribution < -0.4 is 0 Å². The van der Waals surface area contributed by atoms with Crippen LogP contribution in [0.15, 0.2) is 10.7 Å². The fourth-order valence-electron chi connectivity index (χ4n) is 0.645. The van der Waals surface area contributed by atoms with Crippen LogP contribution in [0.4, 0.5) is 17.6 Å². The summed E-state index contributed by atoms with van der Waals surface area (Å²) in [4.78, 5) is 2.93. The van der Waals surface area contributed by atoms with Crippen LogP contribution in [0.1, 0.15) is 12.0 Å². The van der Waals surface area contributed by atoms with Gasteiger partial charge in [-0.1, -0.05) is 0 Å². The second-order valence-corrected chi connectivity index (χ2v) is 2.78. The van der Waals surface area contributed by atoms with Gasteiger partial charge in [0.2, 0.25) is 5.95 Å². The van der Waals surface area contributed by atoms with Crippen molar-refractivity contribution in [1.29, 1.82) is 0 Å². The van der Waals surface area contributed by atoms with Crippen LogP contribution in [0, 0.1) is 11.8 Å². The maximum atomic E-state index is 12.7. The Morgan fingerprint density at radius 2 is 1.92 bits per heavy atom. The van der Waals surface area contributed by atoms with Crippen molar-refractivity contribution in [3.05, 3.63) is 28.0 Å². The van der Waals surface area contributed by atoms with Gasteiger partial charge in [-0.15, -0.1) is 0 Å². The molecule has 1 nitrogen and oxygen atoms in total. The summed E-state index contributed by atoms with van der Waals surface area (Å²) in [6.07, 6.45) is -2.41. The summed E-state index contributed by atoms with van der Waals surface area (Å²) in [5.74, 6) is -2.79. The van der Waals surface area contributed by atoms with Crippen molar-refractivity contribution in [3.8, 4) is 0 Å². The normalized spacial score (nSPS) is 10.8. The molecule has 0 saturated carbocycles. The van der Waals surface area contributed by atoms with Crippen molar-refractivity contribution in [2.75, 3.05) is 0 Å². The van der Waals surface area contributed by atoms with Gasteiger partial charge in [-0.25, -0.2) is 18.2 Å². The van der Waals surface area contributed by atoms with E-state index in [9.17, 15) is 17.6 Å². The summed E-state index contributed by atoms with van der Waals surface area (Å²) in [6.45, 7) is 0. The Bertz CT molecular complexity index is 302. The summed E-state index contributed by atoms with van der Waals surface area (Å²) in [6, 6.07) is 0. The van der Waals surface area contributed by atoms with E-state index < -0.39 is 23.8 Å². The van der Waals surface area contributed by atoms with E-state index in [-0.39, 0.29) is 4.47 Å². The molecular formula is C6H2BrF4N. The van der Waals surface area contributed by atoms with Gasteiger partial charge in [-0.3, -0.25) is 0 Å². The molecule has 66 valence electrons. The summed E-state index contributed by atoms with van der Waals surface area (Å²) in [5.41, 5.74) is -1.30. The van der Waals surface area contributed by atoms with Crippen LogP contribution in [0.3, 0.4) is 0 Å². The minimum Gasteiger partial charge on any atom is -0.227 e. The fourth-order valence-corrected chi connectivity index (χ4v) is 0.961. The van der Waals surface area contributed by atoms with Gasteiger partial charge < -0.3 is 0 Å². The summed E-state index contributed by atoms with van der Waals surface area (Å²) in [7, 11) is 0. The zero-order valence-corrected chi connectivity index (χ0v) is 7.08. The SMILES string of the molecule is Fc1ncc(Br)c(F)c1C(F)F. The molecule has 12 heavy (non-hydrogen) atoms. The second-order valence-electron chi connectivity index (χ2n) is 1.93. The molecule has 0 radical (unpaired) electrons. The standard InChI is InChI=1S/C6H2BrF4N/c7-2-1-12-6(11)3(4(2)8)5(9)10/h1,5H. The topological polar surface area (TPSA) is 12.9 Å². The van der Waals surface area contributed by atoms with Gasteiger partial charge >= 0.3 is 0 Å². The van der Waals surface area contributed by atoms with Crippen LogP contribution in [0.2, 0.25) is 0 Å². The van der Waals surface area contributed by atoms with Crippen molar-refractivity contribution in [2.24, 2.45) is 0 Å². The van der Waals surface area contributed by atoms with Crippen LogP contribution in [-0.4, -0.2) is 4.98 Å². The maximum Gasteiger partial charge on any atom is 0.271 e. The first-order valence-electron chi connectivity index (χ1n) is 2.81. The zero-order chi connectivity index (χ0) is 9.30. The van der Waals surface area contributed by atoms with Crippen molar-refractivity contribution >= 4 is 15.9 Å². The average molecular weight is 244 g/mol. The lowest BCUT2D eigenvalue weighted by molar-refractivity contribution is 0.139. The molecule has 6 heteroatoms. The van der Waals surface area contributed by atoms with Gasteiger partial charge in [0.25, 0.3) is 6.43 Å². The molecule has 1 rings (SSSR count). The third-order valence-electron chi connectivity index (χ3n) is 1.18. The minimum atomic E-state index is -3.20. The van der Waals surface area contributed by atoms with Gasteiger partial charge in [0.15, 0.2) is 5.82 Å². The largest absolute Gasteiger partial charge is 0.271 e. The molecule has 0 spiro atoms. The third-order valence-corrected chi connectivity index (χ3v) is 1.73. The van der Waals surface area contributed by atoms with E-state index in [1.165, 1.54) is 0 Å². The van der Waals surface area contributed by atoms with E-state index >= 15 is 0 Å². The lowest BCUT2D eigenvalue weighted by Gasteiger charge is -2.02. The van der Waals surface area contributed by atoms with Crippen LogP contribution in [0.25, 0.3) is 0 Å². The summed E-state index contributed by atoms with van der Waals surface area (Å²) in [5, 5.41) is 0. The van der Waals surface area contributed by atoms with Gasteiger partial charge in [0.05, 0.1) is 4.47 Å². The van der Waals surface area contributed by atoms with Gasteiger partial charge in [-0.2, -0.15) is 4.39 Å². The molecule has 0 bridgehead atoms. The molecule has 1 aromatic rings. The average Bonchev–Trinajstić information content (AvgIpc) is 1.97. The quantitative estimate of drug-likeness (QED) is 0.546. The van der Waals surface area contributed by atoms with Crippen molar-refractivity contribution in [3.63, 3.8) is 0 Å². The molecule has 0 aliphatic rings. The molecule has 1 aromatic heterocycles. The van der Waals surface area contributed by atoms with E-state index in [2.05, 4.69) is 20.9 Å². The number of hydrogen-bond acceptors (Lipinski definition) is 1. The van der Waals surface area contributed by atoms with E-state index in [0.29, 0.717) is 0 Å². The lowest BCUT2D eigenvalue weighted by Crippen LogP contribution is -1.99. The Kier molecular flexibility index (Phi) is 2.66. The molecule has 0 amide bonds. The summed E-state index contributed by atoms with van der Waals surface area (Å²) >= 11 is 2.61. The lowest BCUT2D eigenvalue weighted by atomic mass is 10.3. The number of alkyl halides is 2. The van der Waals surface area contributed by atoms with Gasteiger partial charge in [-0.05, 0) is 15.9 Å². The fraction of sp³-hybridized carbons (Fsp3) is 0.167. The Labute approximate surface area is 73.5 Å². The number of pyridine rings is 1. The number of aromatic nitrogens is 1. The first kappa shape index (κ1) is 9.44. The first-order valence-corrected chi connectivity index (χ1v) is 3.61. The van der Waals surface area contributed by atoms with Crippen LogP contribution >= 0.6 is 15.9 Å². The van der Waals surface area contributed by atoms with Crippen molar-refractivity contribution in [1.82, 2.24) is 4.98 Å². The number of nitrogens with zero attached hydrogens (tertiary/aromatic N) is 1. The minimum absolute atomic E-state index is 0.279. The smallest absolute Gasteiger partial charge is 0.227 e. The van der Waals surface area contributed by atoms with Crippen molar-refractivity contribution in [2.45, 2.75) is 6.43 Å². The van der Waals surface area contributed by atoms with Crippen LogP contribution in [0.5, 0.6) is 0 Å². The highest BCUT2D eigenvalue weighted by molar-refractivity contribution is 9.10. The molecule has 0 fully saturated rings. The van der Waals surface area contributed by atoms with Gasteiger partial charge in [0.1, 0.15) is 5.56 Å². The highest BCUT2D eigenvalue weighted by Gasteiger charge is 2.21. The maximum absolute atomic E-state index is 12.7. The van der Waals surface area contributed by atoms with Gasteiger partial charge in [0, 0.05) is 6.20 Å². The van der Waals surface area contributed by atoms with E-state index in [1.54, 1.807) is 0 Å². The van der Waals surface area contributed by atoms with E-state index in [1.807, 2.05) is 0 Å². The Balaban J connectivity index is 3.33. The molecule has 0 aliphatic heterocycles. The Hall–Kier alpha value is -0.650. The number of halogens is 5. The second kappa shape index (κ2) is 3.38. The highest BCUT2D eigenvalue weighted by atomic mass is 79.9. The molecule has 0 aromatic carbocycles. The predicted molar refractivity (Wildman–Crippen MR) is 36.8 cm³/mol. The zero-order valence-electron chi connectivity index (χ0n) is 5.49. The van der Waals surface area contributed by atoms with E-state index in [0.717, 1.165) is 6.20 Å². The predicted octanol–water partition coefficient (Wildman–Crippen LogP) is 3.06. The molecule has 0 saturated heterocycles. The molecule has 0 aliphatic carbocycles. The third kappa shape index (κ3) is 1.57. The Morgan fingerprint density at radius 1 is 1.33 bits per heavy atom. The van der Waals surface area contributed by atoms with Crippen molar-refractivity contribution < 1.29 is 17.6 Å².